The van der Waals surface area contributed by atoms with Crippen LogP contribution in [0.25, 0.3) is 0 Å². The van der Waals surface area contributed by atoms with Crippen LogP contribution in [0.5, 0.6) is 0 Å². The van der Waals surface area contributed by atoms with Gasteiger partial charge in [-0.25, -0.2) is 9.97 Å². The molecule has 0 bridgehead atoms. The Bertz CT molecular complexity index is 711. The Morgan fingerprint density at radius 2 is 2.14 bits per heavy atom. The van der Waals surface area contributed by atoms with Gasteiger partial charge in [-0.15, -0.1) is 0 Å². The van der Waals surface area contributed by atoms with E-state index in [0.29, 0.717) is 27.8 Å². The molecule has 1 heterocycles. The normalized spacial score (nSPS) is 9.76. The SMILES string of the molecule is CNC(=O)c1ccccc1Nc1nc(SC)ncc1C#N. The van der Waals surface area contributed by atoms with Gasteiger partial charge in [0.25, 0.3) is 5.91 Å². The Morgan fingerprint density at radius 3 is 2.81 bits per heavy atom. The Kier molecular flexibility index (Phi) is 4.74. The van der Waals surface area contributed by atoms with E-state index < -0.39 is 0 Å². The third-order valence-corrected chi connectivity index (χ3v) is 3.28. The number of para-hydroxylation sites is 1. The van der Waals surface area contributed by atoms with Crippen molar-refractivity contribution in [1.82, 2.24) is 15.3 Å². The summed E-state index contributed by atoms with van der Waals surface area (Å²) >= 11 is 1.38. The van der Waals surface area contributed by atoms with Crippen LogP contribution in [0.1, 0.15) is 15.9 Å². The molecule has 0 fully saturated rings. The average molecular weight is 299 g/mol. The number of carbonyl (C=O) groups excluding carboxylic acids is 1. The number of benzene rings is 1. The monoisotopic (exact) mass is 299 g/mol. The van der Waals surface area contributed by atoms with Crippen molar-refractivity contribution >= 4 is 29.2 Å². The Labute approximate surface area is 126 Å². The predicted octanol–water partition coefficient (Wildman–Crippen LogP) is 2.17. The first kappa shape index (κ1) is 14.8. The molecule has 0 aliphatic heterocycles. The minimum absolute atomic E-state index is 0.212. The first-order valence-electron chi connectivity index (χ1n) is 6.09. The number of nitriles is 1. The van der Waals surface area contributed by atoms with E-state index in [0.717, 1.165) is 0 Å². The molecule has 0 saturated heterocycles. The van der Waals surface area contributed by atoms with Gasteiger partial charge in [0.1, 0.15) is 11.6 Å². The van der Waals surface area contributed by atoms with Crippen molar-refractivity contribution in [2.24, 2.45) is 0 Å². The first-order valence-corrected chi connectivity index (χ1v) is 7.31. The van der Waals surface area contributed by atoms with Crippen LogP contribution < -0.4 is 10.6 Å². The maximum atomic E-state index is 11.8. The van der Waals surface area contributed by atoms with Gasteiger partial charge in [0, 0.05) is 7.05 Å². The van der Waals surface area contributed by atoms with Gasteiger partial charge in [-0.3, -0.25) is 4.79 Å². The second kappa shape index (κ2) is 6.72. The number of thioether (sulfide) groups is 1. The van der Waals surface area contributed by atoms with Crippen LogP contribution in [0.3, 0.4) is 0 Å². The largest absolute Gasteiger partial charge is 0.355 e. The minimum atomic E-state index is -0.212. The fourth-order valence-electron chi connectivity index (χ4n) is 1.69. The third kappa shape index (κ3) is 3.30. The standard InChI is InChI=1S/C14H13N5OS/c1-16-13(20)10-5-3-4-6-11(10)18-12-9(7-15)8-17-14(19-12)21-2/h3-6,8H,1-2H3,(H,16,20)(H,17,18,19). The summed E-state index contributed by atoms with van der Waals surface area (Å²) in [6, 6.07) is 9.06. The number of hydrogen-bond acceptors (Lipinski definition) is 6. The van der Waals surface area contributed by atoms with Crippen molar-refractivity contribution in [2.75, 3.05) is 18.6 Å². The van der Waals surface area contributed by atoms with Gasteiger partial charge in [0.15, 0.2) is 11.0 Å². The predicted molar refractivity (Wildman–Crippen MR) is 81.6 cm³/mol. The van der Waals surface area contributed by atoms with Gasteiger partial charge >= 0.3 is 0 Å². The Balaban J connectivity index is 2.43. The zero-order valence-electron chi connectivity index (χ0n) is 11.5. The lowest BCUT2D eigenvalue weighted by Gasteiger charge is -2.11. The highest BCUT2D eigenvalue weighted by Crippen LogP contribution is 2.23. The van der Waals surface area contributed by atoms with Gasteiger partial charge in [-0.1, -0.05) is 23.9 Å². The molecule has 1 aromatic heterocycles. The molecular weight excluding hydrogens is 286 g/mol. The van der Waals surface area contributed by atoms with E-state index in [-0.39, 0.29) is 5.91 Å². The molecule has 0 aliphatic rings. The molecule has 0 atom stereocenters. The number of anilines is 2. The van der Waals surface area contributed by atoms with Crippen molar-refractivity contribution in [2.45, 2.75) is 5.16 Å². The molecule has 1 aromatic carbocycles. The summed E-state index contributed by atoms with van der Waals surface area (Å²) in [4.78, 5) is 20.2. The lowest BCUT2D eigenvalue weighted by atomic mass is 10.1. The van der Waals surface area contributed by atoms with Gasteiger partial charge in [-0.2, -0.15) is 5.26 Å². The molecule has 0 unspecified atom stereocenters. The number of nitrogens with zero attached hydrogens (tertiary/aromatic N) is 3. The van der Waals surface area contributed by atoms with Gasteiger partial charge in [0.05, 0.1) is 17.4 Å². The zero-order valence-corrected chi connectivity index (χ0v) is 12.4. The van der Waals surface area contributed by atoms with Crippen molar-refractivity contribution in [3.8, 4) is 6.07 Å². The van der Waals surface area contributed by atoms with Crippen LogP contribution in [0, 0.1) is 11.3 Å². The second-order valence-electron chi connectivity index (χ2n) is 3.98. The van der Waals surface area contributed by atoms with E-state index in [1.165, 1.54) is 18.0 Å². The number of hydrogen-bond donors (Lipinski definition) is 2. The fraction of sp³-hybridized carbons (Fsp3) is 0.143. The second-order valence-corrected chi connectivity index (χ2v) is 4.75. The maximum Gasteiger partial charge on any atom is 0.253 e. The quantitative estimate of drug-likeness (QED) is 0.664. The number of nitrogens with one attached hydrogen (secondary N) is 2. The van der Waals surface area contributed by atoms with Crippen LogP contribution in [-0.2, 0) is 0 Å². The molecule has 2 rings (SSSR count). The highest BCUT2D eigenvalue weighted by molar-refractivity contribution is 7.98. The number of amides is 1. The van der Waals surface area contributed by atoms with Crippen molar-refractivity contribution in [1.29, 1.82) is 5.26 Å². The maximum absolute atomic E-state index is 11.8. The molecule has 0 spiro atoms. The smallest absolute Gasteiger partial charge is 0.253 e. The summed E-state index contributed by atoms with van der Waals surface area (Å²) in [5.74, 6) is 0.170. The van der Waals surface area contributed by atoms with Crippen LogP contribution in [0.15, 0.2) is 35.6 Å². The van der Waals surface area contributed by atoms with E-state index >= 15 is 0 Å². The fourth-order valence-corrected chi connectivity index (χ4v) is 2.03. The highest BCUT2D eigenvalue weighted by Gasteiger charge is 2.12. The molecule has 0 radical (unpaired) electrons. The topological polar surface area (TPSA) is 90.7 Å². The molecule has 106 valence electrons. The third-order valence-electron chi connectivity index (χ3n) is 2.72. The molecule has 0 aliphatic carbocycles. The summed E-state index contributed by atoms with van der Waals surface area (Å²) in [5.41, 5.74) is 1.38. The Hall–Kier alpha value is -2.59. The number of rotatable bonds is 4. The summed E-state index contributed by atoms with van der Waals surface area (Å²) < 4.78 is 0. The summed E-state index contributed by atoms with van der Waals surface area (Å²) in [7, 11) is 1.57. The number of carbonyl (C=O) groups is 1. The van der Waals surface area contributed by atoms with Gasteiger partial charge in [-0.05, 0) is 18.4 Å². The van der Waals surface area contributed by atoms with Gasteiger partial charge < -0.3 is 10.6 Å². The summed E-state index contributed by atoms with van der Waals surface area (Å²) in [5, 5.41) is 15.3. The van der Waals surface area contributed by atoms with Crippen molar-refractivity contribution in [3.63, 3.8) is 0 Å². The van der Waals surface area contributed by atoms with Crippen molar-refractivity contribution < 1.29 is 4.79 Å². The van der Waals surface area contributed by atoms with Crippen LogP contribution in [-0.4, -0.2) is 29.2 Å². The lowest BCUT2D eigenvalue weighted by molar-refractivity contribution is 0.0964. The summed E-state index contributed by atoms with van der Waals surface area (Å²) in [6.07, 6.45) is 3.31. The molecular formula is C14H13N5OS. The molecule has 6 nitrogen and oxygen atoms in total. The lowest BCUT2D eigenvalue weighted by Crippen LogP contribution is -2.19. The highest BCUT2D eigenvalue weighted by atomic mass is 32.2. The van der Waals surface area contributed by atoms with Crippen LogP contribution in [0.2, 0.25) is 0 Å². The van der Waals surface area contributed by atoms with Crippen molar-refractivity contribution in [3.05, 3.63) is 41.6 Å². The Morgan fingerprint density at radius 1 is 1.38 bits per heavy atom. The molecule has 2 N–H and O–H groups in total. The molecule has 2 aromatic rings. The van der Waals surface area contributed by atoms with Crippen LogP contribution in [0.4, 0.5) is 11.5 Å². The van der Waals surface area contributed by atoms with E-state index in [1.54, 1.807) is 31.3 Å². The zero-order chi connectivity index (χ0) is 15.2. The molecule has 0 saturated carbocycles. The molecule has 21 heavy (non-hydrogen) atoms. The van der Waals surface area contributed by atoms with E-state index in [2.05, 4.69) is 20.6 Å². The number of aromatic nitrogens is 2. The molecule has 1 amide bonds. The van der Waals surface area contributed by atoms with E-state index in [1.807, 2.05) is 12.3 Å². The minimum Gasteiger partial charge on any atom is -0.355 e. The first-order chi connectivity index (χ1) is 10.2. The van der Waals surface area contributed by atoms with E-state index in [4.69, 9.17) is 5.26 Å². The molecule has 7 heteroatoms. The summed E-state index contributed by atoms with van der Waals surface area (Å²) in [6.45, 7) is 0. The van der Waals surface area contributed by atoms with Crippen LogP contribution >= 0.6 is 11.8 Å². The van der Waals surface area contributed by atoms with Gasteiger partial charge in [0.2, 0.25) is 0 Å². The van der Waals surface area contributed by atoms with E-state index in [9.17, 15) is 4.79 Å². The average Bonchev–Trinajstić information content (AvgIpc) is 2.54.